The molecule has 0 amide bonds. The molecule has 0 heterocycles. The van der Waals surface area contributed by atoms with Crippen molar-refractivity contribution in [2.75, 3.05) is 12.1 Å². The summed E-state index contributed by atoms with van der Waals surface area (Å²) < 4.78 is 56.9. The number of hydrazine groups is 1. The molecule has 3 rings (SSSR count). The van der Waals surface area contributed by atoms with E-state index in [-0.39, 0.29) is 11.1 Å². The van der Waals surface area contributed by atoms with Gasteiger partial charge in [-0.2, -0.15) is 13.2 Å². The van der Waals surface area contributed by atoms with Crippen LogP contribution in [0.1, 0.15) is 22.6 Å². The van der Waals surface area contributed by atoms with Gasteiger partial charge in [0, 0.05) is 17.7 Å². The quantitative estimate of drug-likeness (QED) is 0.218. The van der Waals surface area contributed by atoms with Crippen molar-refractivity contribution in [2.45, 2.75) is 19.0 Å². The van der Waals surface area contributed by atoms with Crippen LogP contribution in [0.5, 0.6) is 0 Å². The number of anilines is 2. The average molecular weight is 508 g/mol. The van der Waals surface area contributed by atoms with E-state index in [4.69, 9.17) is 5.84 Å². The highest BCUT2D eigenvalue weighted by Gasteiger charge is 2.43. The lowest BCUT2D eigenvalue weighted by atomic mass is 9.85. The molecule has 0 saturated heterocycles. The Morgan fingerprint density at radius 1 is 1.03 bits per heavy atom. The van der Waals surface area contributed by atoms with Gasteiger partial charge in [-0.3, -0.25) is 5.01 Å². The summed E-state index contributed by atoms with van der Waals surface area (Å²) in [5.41, 5.74) is 2.24. The Morgan fingerprint density at radius 3 is 2.19 bits per heavy atom. The van der Waals surface area contributed by atoms with Crippen LogP contribution in [0.15, 0.2) is 77.4 Å². The number of halogens is 5. The maximum absolute atomic E-state index is 14.3. The molecular weight excluding hydrogens is 486 g/mol. The topological polar surface area (TPSA) is 41.3 Å². The summed E-state index contributed by atoms with van der Waals surface area (Å²) >= 11 is 3.31. The van der Waals surface area contributed by atoms with E-state index in [1.807, 2.05) is 0 Å². The molecule has 3 aromatic rings. The highest BCUT2D eigenvalue weighted by Crippen LogP contribution is 2.45. The van der Waals surface area contributed by atoms with Crippen molar-refractivity contribution in [3.05, 3.63) is 99.9 Å². The van der Waals surface area contributed by atoms with Gasteiger partial charge in [-0.15, -0.1) is 0 Å². The van der Waals surface area contributed by atoms with E-state index in [0.29, 0.717) is 22.5 Å². The normalized spacial score (nSPS) is 13.1. The minimum atomic E-state index is -4.52. The van der Waals surface area contributed by atoms with E-state index < -0.39 is 17.9 Å². The van der Waals surface area contributed by atoms with Crippen molar-refractivity contribution < 1.29 is 17.6 Å². The maximum atomic E-state index is 14.3. The lowest BCUT2D eigenvalue weighted by Gasteiger charge is -2.26. The van der Waals surface area contributed by atoms with Gasteiger partial charge in [-0.25, -0.2) is 10.2 Å². The summed E-state index contributed by atoms with van der Waals surface area (Å²) in [5.74, 6) is 3.90. The first-order valence-electron chi connectivity index (χ1n) is 9.72. The first-order chi connectivity index (χ1) is 15.1. The molecule has 0 aliphatic rings. The third kappa shape index (κ3) is 5.31. The van der Waals surface area contributed by atoms with Crippen molar-refractivity contribution in [1.82, 2.24) is 5.32 Å². The molecular formula is C24H22BrF4N3. The van der Waals surface area contributed by atoms with Gasteiger partial charge >= 0.3 is 6.18 Å². The fourth-order valence-corrected chi connectivity index (χ4v) is 3.81. The second-order valence-corrected chi connectivity index (χ2v) is 8.18. The summed E-state index contributed by atoms with van der Waals surface area (Å²) in [6.45, 7) is 1.69. The first-order valence-corrected chi connectivity index (χ1v) is 10.5. The smallest absolute Gasteiger partial charge is 0.394 e. The van der Waals surface area contributed by atoms with E-state index in [1.54, 1.807) is 44.3 Å². The lowest BCUT2D eigenvalue weighted by molar-refractivity contribution is -0.137. The zero-order chi connectivity index (χ0) is 23.5. The van der Waals surface area contributed by atoms with E-state index in [0.717, 1.165) is 4.47 Å². The molecule has 168 valence electrons. The molecule has 0 fully saturated rings. The number of alkyl halides is 3. The third-order valence-electron chi connectivity index (χ3n) is 5.03. The Kier molecular flexibility index (Phi) is 7.26. The van der Waals surface area contributed by atoms with Gasteiger partial charge in [-0.1, -0.05) is 40.2 Å². The highest BCUT2D eigenvalue weighted by molar-refractivity contribution is 9.10. The molecule has 0 spiro atoms. The SMILES string of the molecule is CN/C=C(\c1ccc(Br)cc1)C(c1ccc(N(N)c2ccc(F)cc2)c(C)c1)C(F)(F)F. The Labute approximate surface area is 192 Å². The van der Waals surface area contributed by atoms with Crippen LogP contribution >= 0.6 is 15.9 Å². The van der Waals surface area contributed by atoms with Crippen molar-refractivity contribution in [1.29, 1.82) is 0 Å². The van der Waals surface area contributed by atoms with Gasteiger partial charge in [0.25, 0.3) is 0 Å². The van der Waals surface area contributed by atoms with Crippen LogP contribution in [0, 0.1) is 12.7 Å². The highest BCUT2D eigenvalue weighted by atomic mass is 79.9. The van der Waals surface area contributed by atoms with Crippen molar-refractivity contribution in [3.63, 3.8) is 0 Å². The predicted molar refractivity (Wildman–Crippen MR) is 124 cm³/mol. The van der Waals surface area contributed by atoms with Crippen LogP contribution in [0.3, 0.4) is 0 Å². The fourth-order valence-electron chi connectivity index (χ4n) is 3.55. The Bertz CT molecular complexity index is 1090. The number of nitrogens with zero attached hydrogens (tertiary/aromatic N) is 1. The summed E-state index contributed by atoms with van der Waals surface area (Å²) in [4.78, 5) is 0. The zero-order valence-electron chi connectivity index (χ0n) is 17.4. The molecule has 3 aromatic carbocycles. The summed E-state index contributed by atoms with van der Waals surface area (Å²) in [6, 6.07) is 16.7. The van der Waals surface area contributed by atoms with Crippen LogP contribution in [-0.4, -0.2) is 13.2 Å². The van der Waals surface area contributed by atoms with Gasteiger partial charge in [-0.05, 0) is 71.7 Å². The Balaban J connectivity index is 2.05. The second kappa shape index (κ2) is 9.75. The van der Waals surface area contributed by atoms with Crippen molar-refractivity contribution in [3.8, 4) is 0 Å². The molecule has 0 aromatic heterocycles. The van der Waals surface area contributed by atoms with Crippen molar-refractivity contribution in [2.24, 2.45) is 5.84 Å². The van der Waals surface area contributed by atoms with E-state index in [2.05, 4.69) is 21.2 Å². The molecule has 1 unspecified atom stereocenters. The summed E-state index contributed by atoms with van der Waals surface area (Å²) in [6.07, 6.45) is -3.15. The minimum absolute atomic E-state index is 0.0932. The van der Waals surface area contributed by atoms with Gasteiger partial charge < -0.3 is 5.32 Å². The molecule has 3 N–H and O–H groups in total. The minimum Gasteiger partial charge on any atom is -0.394 e. The number of benzene rings is 3. The second-order valence-electron chi connectivity index (χ2n) is 7.26. The molecule has 0 aliphatic heterocycles. The zero-order valence-corrected chi connectivity index (χ0v) is 19.0. The number of hydrogen-bond acceptors (Lipinski definition) is 3. The van der Waals surface area contributed by atoms with Crippen molar-refractivity contribution >= 4 is 32.9 Å². The first kappa shape index (κ1) is 23.8. The molecule has 0 saturated carbocycles. The predicted octanol–water partition coefficient (Wildman–Crippen LogP) is 6.81. The Morgan fingerprint density at radius 2 is 1.66 bits per heavy atom. The molecule has 1 atom stereocenters. The van der Waals surface area contributed by atoms with Crippen LogP contribution in [-0.2, 0) is 0 Å². The van der Waals surface area contributed by atoms with E-state index >= 15 is 0 Å². The Hall–Kier alpha value is -2.84. The third-order valence-corrected chi connectivity index (χ3v) is 5.56. The fraction of sp³-hybridized carbons (Fsp3) is 0.167. The van der Waals surface area contributed by atoms with Crippen LogP contribution in [0.4, 0.5) is 28.9 Å². The van der Waals surface area contributed by atoms with Gasteiger partial charge in [0.1, 0.15) is 11.7 Å². The molecule has 0 radical (unpaired) electrons. The van der Waals surface area contributed by atoms with Gasteiger partial charge in [0.2, 0.25) is 0 Å². The summed E-state index contributed by atoms with van der Waals surface area (Å²) in [7, 11) is 1.57. The molecule has 0 bridgehead atoms. The number of nitrogens with one attached hydrogen (secondary N) is 1. The molecule has 32 heavy (non-hydrogen) atoms. The number of aryl methyl sites for hydroxylation is 1. The van der Waals surface area contributed by atoms with Crippen LogP contribution < -0.4 is 16.2 Å². The van der Waals surface area contributed by atoms with E-state index in [9.17, 15) is 17.6 Å². The summed E-state index contributed by atoms with van der Waals surface area (Å²) in [5, 5.41) is 4.06. The number of nitrogens with two attached hydrogens (primary N) is 1. The number of hydrogen-bond donors (Lipinski definition) is 2. The van der Waals surface area contributed by atoms with Crippen LogP contribution in [0.2, 0.25) is 0 Å². The molecule has 0 aliphatic carbocycles. The maximum Gasteiger partial charge on any atom is 0.399 e. The number of rotatable bonds is 6. The van der Waals surface area contributed by atoms with Crippen LogP contribution in [0.25, 0.3) is 5.57 Å². The molecule has 3 nitrogen and oxygen atoms in total. The monoisotopic (exact) mass is 507 g/mol. The lowest BCUT2D eigenvalue weighted by Crippen LogP contribution is -2.26. The number of allylic oxidation sites excluding steroid dienone is 1. The largest absolute Gasteiger partial charge is 0.399 e. The van der Waals surface area contributed by atoms with Gasteiger partial charge in [0.05, 0.1) is 11.4 Å². The standard InChI is InChI=1S/C24H22BrF4N3/c1-15-13-17(5-12-22(15)32(30)20-10-8-19(26)9-11-20)23(24(27,28)29)21(14-31-2)16-3-6-18(25)7-4-16/h3-14,23,31H,30H2,1-2H3/b21-14+. The van der Waals surface area contributed by atoms with Gasteiger partial charge in [0.15, 0.2) is 0 Å². The van der Waals surface area contributed by atoms with E-state index in [1.165, 1.54) is 47.6 Å². The molecule has 8 heteroatoms. The average Bonchev–Trinajstić information content (AvgIpc) is 2.73.